The Hall–Kier alpha value is -0.990. The topological polar surface area (TPSA) is 38.3 Å². The zero-order valence-electron chi connectivity index (χ0n) is 10.0. The van der Waals surface area contributed by atoms with E-state index in [0.717, 1.165) is 6.42 Å². The van der Waals surface area contributed by atoms with E-state index in [9.17, 15) is 4.79 Å². The Balaban J connectivity index is 0. The van der Waals surface area contributed by atoms with Gasteiger partial charge in [-0.25, -0.2) is 4.79 Å². The number of ether oxygens (including phenoxy) is 1. The lowest BCUT2D eigenvalue weighted by atomic mass is 10.2. The molecule has 14 heavy (non-hydrogen) atoms. The summed E-state index contributed by atoms with van der Waals surface area (Å²) in [6.45, 7) is 13.6. The average molecular weight is 201 g/mol. The van der Waals surface area contributed by atoms with E-state index in [1.165, 1.54) is 0 Å². The second kappa shape index (κ2) is 8.60. The van der Waals surface area contributed by atoms with Crippen LogP contribution in [0.15, 0.2) is 12.7 Å². The van der Waals surface area contributed by atoms with E-state index in [2.05, 4.69) is 11.9 Å². The number of nitrogens with one attached hydrogen (secondary N) is 1. The molecule has 0 radical (unpaired) electrons. The quantitative estimate of drug-likeness (QED) is 0.563. The van der Waals surface area contributed by atoms with Gasteiger partial charge in [-0.3, -0.25) is 0 Å². The molecular weight excluding hydrogens is 178 g/mol. The molecule has 0 saturated heterocycles. The Bertz CT molecular complexity index is 159. The fourth-order valence-electron chi connectivity index (χ4n) is 0.590. The van der Waals surface area contributed by atoms with Gasteiger partial charge in [-0.2, -0.15) is 0 Å². The number of rotatable bonds is 3. The summed E-state index contributed by atoms with van der Waals surface area (Å²) in [6, 6.07) is 0. The molecule has 0 aromatic rings. The van der Waals surface area contributed by atoms with Crippen molar-refractivity contribution in [2.24, 2.45) is 0 Å². The minimum atomic E-state index is -0.418. The van der Waals surface area contributed by atoms with Crippen LogP contribution in [0.1, 0.15) is 41.0 Å². The van der Waals surface area contributed by atoms with Gasteiger partial charge in [0.2, 0.25) is 0 Å². The molecule has 0 unspecified atom stereocenters. The fourth-order valence-corrected chi connectivity index (χ4v) is 0.590. The van der Waals surface area contributed by atoms with Crippen molar-refractivity contribution in [2.45, 2.75) is 46.6 Å². The summed E-state index contributed by atoms with van der Waals surface area (Å²) in [6.07, 6.45) is 2.14. The van der Waals surface area contributed by atoms with Crippen molar-refractivity contribution in [3.05, 3.63) is 12.7 Å². The van der Waals surface area contributed by atoms with E-state index in [1.807, 2.05) is 34.6 Å². The van der Waals surface area contributed by atoms with E-state index in [0.29, 0.717) is 6.54 Å². The molecule has 0 aromatic carbocycles. The average Bonchev–Trinajstić information content (AvgIpc) is 2.05. The highest BCUT2D eigenvalue weighted by molar-refractivity contribution is 5.67. The largest absolute Gasteiger partial charge is 0.444 e. The van der Waals surface area contributed by atoms with Gasteiger partial charge >= 0.3 is 6.09 Å². The molecule has 0 atom stereocenters. The van der Waals surface area contributed by atoms with Crippen molar-refractivity contribution < 1.29 is 9.53 Å². The SMILES string of the molecule is C=CCCNC(=O)OC(C)(C)C.CC. The maximum absolute atomic E-state index is 11.0. The molecule has 0 fully saturated rings. The molecule has 0 aromatic heterocycles. The molecule has 3 heteroatoms. The Morgan fingerprint density at radius 3 is 2.29 bits per heavy atom. The number of carbonyl (C=O) groups is 1. The van der Waals surface area contributed by atoms with E-state index in [-0.39, 0.29) is 6.09 Å². The number of alkyl carbamates (subject to hydrolysis) is 1. The van der Waals surface area contributed by atoms with Crippen LogP contribution in [0.5, 0.6) is 0 Å². The van der Waals surface area contributed by atoms with Crippen LogP contribution in [0, 0.1) is 0 Å². The number of hydrogen-bond donors (Lipinski definition) is 1. The molecule has 1 N–H and O–H groups in total. The molecule has 1 amide bonds. The standard InChI is InChI=1S/C9H17NO2.C2H6/c1-5-6-7-10-8(11)12-9(2,3)4;1-2/h5H,1,6-7H2,2-4H3,(H,10,11);1-2H3. The molecule has 0 spiro atoms. The Morgan fingerprint density at radius 2 is 1.93 bits per heavy atom. The predicted octanol–water partition coefficient (Wildman–Crippen LogP) is 3.11. The van der Waals surface area contributed by atoms with Crippen molar-refractivity contribution >= 4 is 6.09 Å². The van der Waals surface area contributed by atoms with Gasteiger partial charge in [-0.05, 0) is 27.2 Å². The Kier molecular flexibility index (Phi) is 9.51. The molecule has 84 valence electrons. The zero-order chi connectivity index (χ0) is 11.6. The molecule has 0 bridgehead atoms. The second-order valence-electron chi connectivity index (χ2n) is 3.51. The number of carbonyl (C=O) groups excluding carboxylic acids is 1. The van der Waals surface area contributed by atoms with E-state index in [4.69, 9.17) is 4.74 Å². The van der Waals surface area contributed by atoms with Crippen LogP contribution in [0.4, 0.5) is 4.79 Å². The highest BCUT2D eigenvalue weighted by atomic mass is 16.6. The third kappa shape index (κ3) is 13.6. The lowest BCUT2D eigenvalue weighted by Gasteiger charge is -2.19. The van der Waals surface area contributed by atoms with Crippen LogP contribution >= 0.6 is 0 Å². The van der Waals surface area contributed by atoms with Crippen LogP contribution in [0.25, 0.3) is 0 Å². The number of hydrogen-bond acceptors (Lipinski definition) is 2. The minimum Gasteiger partial charge on any atom is -0.444 e. The summed E-state index contributed by atoms with van der Waals surface area (Å²) < 4.78 is 5.00. The summed E-state index contributed by atoms with van der Waals surface area (Å²) in [5.74, 6) is 0. The summed E-state index contributed by atoms with van der Waals surface area (Å²) in [7, 11) is 0. The summed E-state index contributed by atoms with van der Waals surface area (Å²) in [5, 5.41) is 2.61. The molecule has 0 aliphatic carbocycles. The van der Waals surface area contributed by atoms with E-state index >= 15 is 0 Å². The summed E-state index contributed by atoms with van der Waals surface area (Å²) in [5.41, 5.74) is -0.418. The molecule has 0 heterocycles. The third-order valence-electron chi connectivity index (χ3n) is 1.02. The van der Waals surface area contributed by atoms with Gasteiger partial charge in [0.05, 0.1) is 0 Å². The first-order valence-corrected chi connectivity index (χ1v) is 5.03. The van der Waals surface area contributed by atoms with Gasteiger partial charge in [-0.1, -0.05) is 19.9 Å². The van der Waals surface area contributed by atoms with Crippen molar-refractivity contribution in [1.82, 2.24) is 5.32 Å². The maximum Gasteiger partial charge on any atom is 0.407 e. The van der Waals surface area contributed by atoms with Gasteiger partial charge in [-0.15, -0.1) is 6.58 Å². The normalized spacial score (nSPS) is 9.50. The van der Waals surface area contributed by atoms with Crippen molar-refractivity contribution in [3.63, 3.8) is 0 Å². The highest BCUT2D eigenvalue weighted by Gasteiger charge is 2.14. The molecular formula is C11H23NO2. The number of amides is 1. The van der Waals surface area contributed by atoms with Gasteiger partial charge in [0.1, 0.15) is 5.60 Å². The van der Waals surface area contributed by atoms with Crippen molar-refractivity contribution in [1.29, 1.82) is 0 Å². The molecule has 0 rings (SSSR count). The smallest absolute Gasteiger partial charge is 0.407 e. The fraction of sp³-hybridized carbons (Fsp3) is 0.727. The van der Waals surface area contributed by atoms with Crippen LogP contribution in [-0.2, 0) is 4.74 Å². The summed E-state index contributed by atoms with van der Waals surface area (Å²) in [4.78, 5) is 11.0. The van der Waals surface area contributed by atoms with Crippen LogP contribution < -0.4 is 5.32 Å². The third-order valence-corrected chi connectivity index (χ3v) is 1.02. The van der Waals surface area contributed by atoms with Crippen LogP contribution in [0.3, 0.4) is 0 Å². The van der Waals surface area contributed by atoms with Gasteiger partial charge in [0, 0.05) is 6.54 Å². The maximum atomic E-state index is 11.0. The zero-order valence-corrected chi connectivity index (χ0v) is 10.0. The Labute approximate surface area is 87.5 Å². The molecule has 0 saturated carbocycles. The van der Waals surface area contributed by atoms with E-state index in [1.54, 1.807) is 6.08 Å². The van der Waals surface area contributed by atoms with Crippen molar-refractivity contribution in [3.8, 4) is 0 Å². The van der Waals surface area contributed by atoms with E-state index < -0.39 is 5.60 Å². The molecule has 0 aliphatic heterocycles. The first kappa shape index (κ1) is 15.5. The van der Waals surface area contributed by atoms with Gasteiger partial charge < -0.3 is 10.1 Å². The molecule has 3 nitrogen and oxygen atoms in total. The van der Waals surface area contributed by atoms with Crippen LogP contribution in [0.2, 0.25) is 0 Å². The van der Waals surface area contributed by atoms with Crippen molar-refractivity contribution in [2.75, 3.05) is 6.54 Å². The first-order chi connectivity index (χ1) is 6.45. The van der Waals surface area contributed by atoms with Crippen LogP contribution in [-0.4, -0.2) is 18.2 Å². The monoisotopic (exact) mass is 201 g/mol. The highest BCUT2D eigenvalue weighted by Crippen LogP contribution is 2.06. The summed E-state index contributed by atoms with van der Waals surface area (Å²) >= 11 is 0. The lowest BCUT2D eigenvalue weighted by Crippen LogP contribution is -2.32. The lowest BCUT2D eigenvalue weighted by molar-refractivity contribution is 0.0529. The van der Waals surface area contributed by atoms with Gasteiger partial charge in [0.15, 0.2) is 0 Å². The first-order valence-electron chi connectivity index (χ1n) is 5.03. The molecule has 0 aliphatic rings. The second-order valence-corrected chi connectivity index (χ2v) is 3.51. The Morgan fingerprint density at radius 1 is 1.43 bits per heavy atom. The van der Waals surface area contributed by atoms with Gasteiger partial charge in [0.25, 0.3) is 0 Å². The minimum absolute atomic E-state index is 0.371. The predicted molar refractivity (Wildman–Crippen MR) is 60.4 cm³/mol.